The highest BCUT2D eigenvalue weighted by Crippen LogP contribution is 2.39. The van der Waals surface area contributed by atoms with Crippen LogP contribution in [-0.2, 0) is 11.8 Å². The third-order valence-electron chi connectivity index (χ3n) is 4.36. The van der Waals surface area contributed by atoms with Gasteiger partial charge in [0.15, 0.2) is 5.82 Å². The van der Waals surface area contributed by atoms with Crippen LogP contribution in [0.25, 0.3) is 0 Å². The van der Waals surface area contributed by atoms with Gasteiger partial charge in [-0.15, -0.1) is 0 Å². The number of nitrogens with one attached hydrogen (secondary N) is 1. The molecule has 1 unspecified atom stereocenters. The summed E-state index contributed by atoms with van der Waals surface area (Å²) in [6, 6.07) is 6.98. The normalized spacial score (nSPS) is 16.6. The number of ketones is 1. The summed E-state index contributed by atoms with van der Waals surface area (Å²) in [6.07, 6.45) is 8.41. The first-order valence-corrected chi connectivity index (χ1v) is 11.2. The van der Waals surface area contributed by atoms with Crippen molar-refractivity contribution in [3.8, 4) is 0 Å². The molecule has 0 spiro atoms. The van der Waals surface area contributed by atoms with Gasteiger partial charge in [-0.05, 0) is 43.5 Å². The van der Waals surface area contributed by atoms with Gasteiger partial charge in [-0.1, -0.05) is 28.0 Å². The van der Waals surface area contributed by atoms with E-state index in [2.05, 4.69) is 10.3 Å². The smallest absolute Gasteiger partial charge is 0.228 e. The molecule has 2 aromatic rings. The molecule has 1 aromatic carbocycles. The van der Waals surface area contributed by atoms with Crippen LogP contribution in [0.2, 0.25) is 0 Å². The van der Waals surface area contributed by atoms with Gasteiger partial charge in [-0.25, -0.2) is 4.98 Å². The van der Waals surface area contributed by atoms with E-state index in [9.17, 15) is 9.59 Å². The fraction of sp³-hybridized carbons (Fsp3) is 0.421. The maximum absolute atomic E-state index is 12.4. The molecule has 0 radical (unpaired) electrons. The Morgan fingerprint density at radius 2 is 2.08 bits per heavy atom. The number of benzene rings is 1. The van der Waals surface area contributed by atoms with Crippen LogP contribution < -0.4 is 5.32 Å². The minimum absolute atomic E-state index is 0.0293. The van der Waals surface area contributed by atoms with Crippen LogP contribution in [0.1, 0.15) is 48.3 Å². The van der Waals surface area contributed by atoms with E-state index in [1.54, 1.807) is 48.3 Å². The number of unbranched alkanes of at least 4 members (excludes halogenated alkanes) is 1. The van der Waals surface area contributed by atoms with Crippen LogP contribution in [0.5, 0.6) is 0 Å². The molecule has 5 nitrogen and oxygen atoms in total. The summed E-state index contributed by atoms with van der Waals surface area (Å²) in [7, 11) is 5.74. The second-order valence-electron chi connectivity index (χ2n) is 6.39. The van der Waals surface area contributed by atoms with E-state index in [4.69, 9.17) is 0 Å². The lowest BCUT2D eigenvalue weighted by atomic mass is 10.1. The van der Waals surface area contributed by atoms with E-state index < -0.39 is 0 Å². The van der Waals surface area contributed by atoms with Gasteiger partial charge in [0.05, 0.1) is 0 Å². The quantitative estimate of drug-likeness (QED) is 0.414. The van der Waals surface area contributed by atoms with Gasteiger partial charge in [0.2, 0.25) is 11.7 Å². The van der Waals surface area contributed by atoms with Gasteiger partial charge in [0.1, 0.15) is 0 Å². The van der Waals surface area contributed by atoms with Gasteiger partial charge in [0.25, 0.3) is 0 Å². The number of hydrogen-bond donors (Lipinski definition) is 1. The third kappa shape index (κ3) is 5.14. The molecule has 1 aliphatic heterocycles. The van der Waals surface area contributed by atoms with Crippen molar-refractivity contribution in [2.45, 2.75) is 37.4 Å². The molecule has 0 bridgehead atoms. The molecule has 3 rings (SSSR count). The first-order valence-electron chi connectivity index (χ1n) is 8.83. The number of nitrogens with zero attached hydrogens (tertiary/aromatic N) is 2. The molecule has 1 amide bonds. The molecule has 1 fully saturated rings. The van der Waals surface area contributed by atoms with Crippen molar-refractivity contribution in [2.24, 2.45) is 7.05 Å². The van der Waals surface area contributed by atoms with E-state index in [0.29, 0.717) is 23.5 Å². The van der Waals surface area contributed by atoms with E-state index >= 15 is 0 Å². The number of amides is 1. The Hall–Kier alpha value is -1.73. The lowest BCUT2D eigenvalue weighted by Gasteiger charge is -2.08. The van der Waals surface area contributed by atoms with Crippen LogP contribution >= 0.6 is 21.6 Å². The number of imidazole rings is 1. The van der Waals surface area contributed by atoms with Crippen molar-refractivity contribution in [3.63, 3.8) is 0 Å². The Bertz CT molecular complexity index is 752. The predicted octanol–water partition coefficient (Wildman–Crippen LogP) is 4.30. The molecule has 2 heterocycles. The Labute approximate surface area is 161 Å². The summed E-state index contributed by atoms with van der Waals surface area (Å²) in [4.78, 5) is 28.5. The third-order valence-corrected chi connectivity index (χ3v) is 7.37. The molecule has 26 heavy (non-hydrogen) atoms. The van der Waals surface area contributed by atoms with Crippen molar-refractivity contribution in [1.82, 2.24) is 9.55 Å². The molecule has 0 saturated carbocycles. The second kappa shape index (κ2) is 9.28. The summed E-state index contributed by atoms with van der Waals surface area (Å²) in [5.41, 5.74) is 1.28. The van der Waals surface area contributed by atoms with E-state index in [1.807, 2.05) is 21.6 Å². The highest BCUT2D eigenvalue weighted by atomic mass is 33.1. The summed E-state index contributed by atoms with van der Waals surface area (Å²) < 4.78 is 1.70. The molecular weight excluding hydrogens is 366 g/mol. The Morgan fingerprint density at radius 3 is 2.73 bits per heavy atom. The minimum Gasteiger partial charge on any atom is -0.331 e. The lowest BCUT2D eigenvalue weighted by molar-refractivity contribution is -0.116. The van der Waals surface area contributed by atoms with E-state index in [0.717, 1.165) is 18.1 Å². The van der Waals surface area contributed by atoms with Crippen molar-refractivity contribution in [2.75, 3.05) is 11.1 Å². The Kier molecular flexibility index (Phi) is 6.80. The van der Waals surface area contributed by atoms with Crippen molar-refractivity contribution in [3.05, 3.63) is 48.0 Å². The minimum atomic E-state index is -0.127. The predicted molar refractivity (Wildman–Crippen MR) is 109 cm³/mol. The average Bonchev–Trinajstić information content (AvgIpc) is 3.30. The van der Waals surface area contributed by atoms with Gasteiger partial charge < -0.3 is 9.88 Å². The monoisotopic (exact) mass is 389 g/mol. The van der Waals surface area contributed by atoms with Gasteiger partial charge in [-0.2, -0.15) is 0 Å². The molecular formula is C19H23N3O2S2. The molecule has 7 heteroatoms. The molecule has 138 valence electrons. The number of carbonyl (C=O) groups excluding carboxylic acids is 2. The van der Waals surface area contributed by atoms with Crippen LogP contribution in [0.15, 0.2) is 36.7 Å². The zero-order chi connectivity index (χ0) is 18.4. The first kappa shape index (κ1) is 19.0. The number of aromatic nitrogens is 2. The van der Waals surface area contributed by atoms with E-state index in [-0.39, 0.29) is 11.7 Å². The highest BCUT2D eigenvalue weighted by molar-refractivity contribution is 8.77. The molecule has 1 aliphatic rings. The fourth-order valence-electron chi connectivity index (χ4n) is 2.86. The summed E-state index contributed by atoms with van der Waals surface area (Å²) in [6.45, 7) is 0. The van der Waals surface area contributed by atoms with Crippen LogP contribution in [0.3, 0.4) is 0 Å². The fourth-order valence-corrected chi connectivity index (χ4v) is 5.89. The van der Waals surface area contributed by atoms with Crippen molar-refractivity contribution < 1.29 is 9.59 Å². The van der Waals surface area contributed by atoms with Gasteiger partial charge >= 0.3 is 0 Å². The molecule has 1 atom stereocenters. The highest BCUT2D eigenvalue weighted by Gasteiger charge is 2.16. The number of anilines is 1. The number of aryl methyl sites for hydroxylation is 1. The molecule has 1 aromatic heterocycles. The number of rotatable bonds is 8. The van der Waals surface area contributed by atoms with Crippen LogP contribution in [-0.4, -0.2) is 32.2 Å². The standard InChI is InChI=1S/C19H23N3O2S2/c1-22-12-11-20-19(22)18(24)14-6-8-15(9-7-14)21-17(23)5-3-2-4-16-10-13-25-26-16/h6-9,11-12,16H,2-5,10,13H2,1H3,(H,21,23). The summed E-state index contributed by atoms with van der Waals surface area (Å²) >= 11 is 0. The Morgan fingerprint density at radius 1 is 1.27 bits per heavy atom. The zero-order valence-corrected chi connectivity index (χ0v) is 16.4. The molecule has 1 N–H and O–H groups in total. The summed E-state index contributed by atoms with van der Waals surface area (Å²) in [5, 5.41) is 3.67. The SMILES string of the molecule is Cn1ccnc1C(=O)c1ccc(NC(=O)CCCCC2CCSS2)cc1. The van der Waals surface area contributed by atoms with Crippen LogP contribution in [0, 0.1) is 0 Å². The maximum Gasteiger partial charge on any atom is 0.228 e. The second-order valence-corrected chi connectivity index (χ2v) is 9.18. The van der Waals surface area contributed by atoms with Crippen molar-refractivity contribution in [1.29, 1.82) is 0 Å². The average molecular weight is 390 g/mol. The maximum atomic E-state index is 12.4. The zero-order valence-electron chi connectivity index (χ0n) is 14.8. The molecule has 0 aliphatic carbocycles. The first-order chi connectivity index (χ1) is 12.6. The Balaban J connectivity index is 1.44. The largest absolute Gasteiger partial charge is 0.331 e. The van der Waals surface area contributed by atoms with Crippen molar-refractivity contribution >= 4 is 39.0 Å². The number of carbonyl (C=O) groups is 2. The van der Waals surface area contributed by atoms with Gasteiger partial charge in [-0.3, -0.25) is 9.59 Å². The summed E-state index contributed by atoms with van der Waals surface area (Å²) in [5.74, 6) is 1.56. The molecule has 1 saturated heterocycles. The van der Waals surface area contributed by atoms with Gasteiger partial charge in [0, 0.05) is 48.1 Å². The number of hydrogen-bond acceptors (Lipinski definition) is 5. The van der Waals surface area contributed by atoms with Crippen LogP contribution in [0.4, 0.5) is 5.69 Å². The lowest BCUT2D eigenvalue weighted by Crippen LogP contribution is -2.12. The topological polar surface area (TPSA) is 64.0 Å². The van der Waals surface area contributed by atoms with E-state index in [1.165, 1.54) is 18.6 Å².